The number of amides is 1. The van der Waals surface area contributed by atoms with Crippen LogP contribution in [0.25, 0.3) is 0 Å². The molecule has 1 aliphatic rings. The fourth-order valence-electron chi connectivity index (χ4n) is 0.679. The van der Waals surface area contributed by atoms with Crippen LogP contribution in [0.2, 0.25) is 0 Å². The Morgan fingerprint density at radius 2 is 1.83 bits per heavy atom. The minimum atomic E-state index is -2.05. The lowest BCUT2D eigenvalue weighted by molar-refractivity contribution is -0.125. The van der Waals surface area contributed by atoms with E-state index < -0.39 is 25.3 Å². The molecule has 0 bridgehead atoms. The zero-order valence-electron chi connectivity index (χ0n) is 5.68. The van der Waals surface area contributed by atoms with E-state index in [2.05, 4.69) is 0 Å². The molecule has 1 fully saturated rings. The summed E-state index contributed by atoms with van der Waals surface area (Å²) >= 11 is 20.2. The first-order valence-corrected chi connectivity index (χ1v) is 5.30. The maximum Gasteiger partial charge on any atom is 0.340 e. The van der Waals surface area contributed by atoms with Crippen LogP contribution in [0, 0.1) is 0 Å². The molecule has 0 saturated carbocycles. The summed E-state index contributed by atoms with van der Waals surface area (Å²) in [6.45, 7) is 0. The molecular weight excluding hydrogens is 268 g/mol. The summed E-state index contributed by atoms with van der Waals surface area (Å²) in [7, 11) is 1.25. The first kappa shape index (κ1) is 11.0. The fraction of sp³-hybridized carbons (Fsp3) is 0.750. The molecule has 0 aromatic rings. The van der Waals surface area contributed by atoms with E-state index in [0.717, 1.165) is 4.31 Å². The molecule has 1 aliphatic heterocycles. The van der Waals surface area contributed by atoms with E-state index in [0.29, 0.717) is 0 Å². The second-order valence-electron chi connectivity index (χ2n) is 2.14. The Labute approximate surface area is 92.2 Å². The molecule has 1 unspecified atom stereocenters. The lowest BCUT2D eigenvalue weighted by Gasteiger charge is -2.19. The van der Waals surface area contributed by atoms with Gasteiger partial charge < -0.3 is 4.55 Å². The Hall–Kier alpha value is 0.940. The molecule has 1 atom stereocenters. The van der Waals surface area contributed by atoms with Gasteiger partial charge in [0.25, 0.3) is 4.33 Å². The highest BCUT2D eigenvalue weighted by Gasteiger charge is 2.72. The zero-order valence-corrected chi connectivity index (χ0v) is 9.52. The van der Waals surface area contributed by atoms with E-state index in [-0.39, 0.29) is 0 Å². The van der Waals surface area contributed by atoms with Gasteiger partial charge in [-0.05, 0) is 23.2 Å². The highest BCUT2D eigenvalue weighted by molar-refractivity contribution is 7.95. The van der Waals surface area contributed by atoms with Gasteiger partial charge in [-0.15, -0.1) is 0 Å². The van der Waals surface area contributed by atoms with Crippen molar-refractivity contribution in [3.8, 4) is 0 Å². The van der Waals surface area contributed by atoms with Gasteiger partial charge in [0, 0.05) is 0 Å². The van der Waals surface area contributed by atoms with Crippen molar-refractivity contribution in [3.05, 3.63) is 0 Å². The summed E-state index contributed by atoms with van der Waals surface area (Å²) in [5, 5.41) is 0. The first-order valence-electron chi connectivity index (χ1n) is 2.68. The molecule has 12 heavy (non-hydrogen) atoms. The topological polar surface area (TPSA) is 43.4 Å². The van der Waals surface area contributed by atoms with E-state index in [9.17, 15) is 9.35 Å². The normalized spacial score (nSPS) is 32.7. The molecule has 0 radical (unpaired) electrons. The number of halogens is 4. The van der Waals surface area contributed by atoms with Gasteiger partial charge in [0.2, 0.25) is 0 Å². The number of hydrogen-bond acceptors (Lipinski definition) is 2. The predicted octanol–water partition coefficient (Wildman–Crippen LogP) is 1.43. The Morgan fingerprint density at radius 3 is 1.92 bits per heavy atom. The van der Waals surface area contributed by atoms with Crippen LogP contribution in [0.15, 0.2) is 0 Å². The van der Waals surface area contributed by atoms with Gasteiger partial charge in [0.15, 0.2) is 0 Å². The lowest BCUT2D eigenvalue weighted by atomic mass is 10.4. The maximum atomic E-state index is 11.2. The number of carbonyl (C=O) groups excluding carboxylic acids is 1. The minimum absolute atomic E-state index is 0.769. The van der Waals surface area contributed by atoms with E-state index >= 15 is 0 Å². The van der Waals surface area contributed by atoms with Crippen molar-refractivity contribution in [1.29, 1.82) is 0 Å². The molecule has 0 aliphatic carbocycles. The third-order valence-corrected chi connectivity index (χ3v) is 5.66. The van der Waals surface area contributed by atoms with Gasteiger partial charge >= 0.3 is 9.57 Å². The Balaban J connectivity index is 3.14. The van der Waals surface area contributed by atoms with Crippen LogP contribution in [0.5, 0.6) is 0 Å². The molecule has 0 N–H and O–H groups in total. The third kappa shape index (κ3) is 1.21. The lowest BCUT2D eigenvalue weighted by Crippen LogP contribution is -2.38. The Bertz CT molecular complexity index is 233. The van der Waals surface area contributed by atoms with Gasteiger partial charge in [-0.1, -0.05) is 23.2 Å². The largest absolute Gasteiger partial charge is 0.590 e. The molecule has 0 spiro atoms. The van der Waals surface area contributed by atoms with Crippen molar-refractivity contribution < 1.29 is 9.35 Å². The highest BCUT2D eigenvalue weighted by atomic mass is 35.5. The summed E-state index contributed by atoms with van der Waals surface area (Å²) in [4.78, 5) is 11.2. The number of alkyl halides is 4. The van der Waals surface area contributed by atoms with Gasteiger partial charge in [0.1, 0.15) is 11.4 Å². The van der Waals surface area contributed by atoms with Gasteiger partial charge in [-0.25, -0.2) is 0 Å². The molecular formula is C4H3Cl4NO2S. The number of carbonyl (C=O) groups is 1. The zero-order chi connectivity index (χ0) is 9.73. The molecule has 1 heterocycles. The quantitative estimate of drug-likeness (QED) is 0.494. The van der Waals surface area contributed by atoms with Gasteiger partial charge in [-0.2, -0.15) is 4.31 Å². The molecule has 8 heteroatoms. The average Bonchev–Trinajstić information content (AvgIpc) is 2.05. The van der Waals surface area contributed by atoms with Crippen LogP contribution in [0.1, 0.15) is 0 Å². The van der Waals surface area contributed by atoms with Crippen molar-refractivity contribution in [2.75, 3.05) is 7.05 Å². The van der Waals surface area contributed by atoms with Crippen molar-refractivity contribution in [2.45, 2.75) is 8.00 Å². The molecule has 1 rings (SSSR count). The molecule has 0 aromatic heterocycles. The number of hydrogen-bond donors (Lipinski definition) is 0. The summed E-state index contributed by atoms with van der Waals surface area (Å²) in [6, 6.07) is 0. The predicted molar refractivity (Wildman–Crippen MR) is 49.8 cm³/mol. The summed E-state index contributed by atoms with van der Waals surface area (Å²) in [6.07, 6.45) is 0. The van der Waals surface area contributed by atoms with Crippen LogP contribution in [-0.2, 0) is 16.2 Å². The highest BCUT2D eigenvalue weighted by Crippen LogP contribution is 2.53. The standard InChI is InChI=1S/C4H3Cl4NO2S/c1-9-2(10)3(5,6)4(7,8)12(9)11/h1H3. The number of nitrogens with zero attached hydrogens (tertiary/aromatic N) is 1. The van der Waals surface area contributed by atoms with Crippen molar-refractivity contribution in [2.24, 2.45) is 0 Å². The first-order chi connectivity index (χ1) is 5.23. The van der Waals surface area contributed by atoms with Crippen molar-refractivity contribution >= 4 is 63.7 Å². The number of rotatable bonds is 0. The second kappa shape index (κ2) is 2.97. The van der Waals surface area contributed by atoms with Crippen LogP contribution >= 0.6 is 46.4 Å². The third-order valence-electron chi connectivity index (χ3n) is 1.39. The molecule has 3 nitrogen and oxygen atoms in total. The average molecular weight is 271 g/mol. The maximum absolute atomic E-state index is 11.2. The molecule has 1 amide bonds. The fourth-order valence-corrected chi connectivity index (χ4v) is 3.15. The van der Waals surface area contributed by atoms with Crippen molar-refractivity contribution in [3.63, 3.8) is 0 Å². The minimum Gasteiger partial charge on any atom is -0.590 e. The Morgan fingerprint density at radius 1 is 1.42 bits per heavy atom. The van der Waals surface area contributed by atoms with Crippen LogP contribution in [0.4, 0.5) is 0 Å². The van der Waals surface area contributed by atoms with E-state index in [1.807, 2.05) is 0 Å². The smallest absolute Gasteiger partial charge is 0.340 e. The monoisotopic (exact) mass is 269 g/mol. The Kier molecular flexibility index (Phi) is 2.73. The van der Waals surface area contributed by atoms with Crippen LogP contribution in [0.3, 0.4) is 0 Å². The van der Waals surface area contributed by atoms with Crippen molar-refractivity contribution in [1.82, 2.24) is 4.31 Å². The van der Waals surface area contributed by atoms with Crippen LogP contribution in [-0.4, -0.2) is 29.8 Å². The SMILES string of the molecule is CN1C(=O)C(Cl)(Cl)C(Cl)(Cl)[S+]1[O-]. The molecule has 1 saturated heterocycles. The molecule has 0 aromatic carbocycles. The van der Waals surface area contributed by atoms with Gasteiger partial charge in [0.05, 0.1) is 7.05 Å². The van der Waals surface area contributed by atoms with E-state index in [1.54, 1.807) is 0 Å². The summed E-state index contributed by atoms with van der Waals surface area (Å²) in [5.41, 5.74) is 0. The summed E-state index contributed by atoms with van der Waals surface area (Å²) < 4.78 is 8.01. The van der Waals surface area contributed by atoms with E-state index in [1.165, 1.54) is 7.05 Å². The molecule has 70 valence electrons. The van der Waals surface area contributed by atoms with Crippen LogP contribution < -0.4 is 0 Å². The van der Waals surface area contributed by atoms with Gasteiger partial charge in [-0.3, -0.25) is 4.79 Å². The second-order valence-corrected chi connectivity index (χ2v) is 6.90. The summed E-state index contributed by atoms with van der Waals surface area (Å²) in [5.74, 6) is -0.769. The van der Waals surface area contributed by atoms with E-state index in [4.69, 9.17) is 46.4 Å².